The van der Waals surface area contributed by atoms with E-state index in [1.165, 1.54) is 5.56 Å². The maximum absolute atomic E-state index is 6.20. The zero-order valence-corrected chi connectivity index (χ0v) is 14.0. The summed E-state index contributed by atoms with van der Waals surface area (Å²) in [6.07, 6.45) is 0.545. The molecule has 2 nitrogen and oxygen atoms in total. The molecule has 0 bridgehead atoms. The highest BCUT2D eigenvalue weighted by atomic mass is 79.9. The summed E-state index contributed by atoms with van der Waals surface area (Å²) in [5.74, 6) is 1.67. The number of hydrogen-bond acceptors (Lipinski definition) is 2. The molecular formula is C15H20BrClO2. The molecule has 0 radical (unpaired) electrons. The lowest BCUT2D eigenvalue weighted by atomic mass is 9.84. The first-order valence-corrected chi connectivity index (χ1v) is 7.88. The highest BCUT2D eigenvalue weighted by Gasteiger charge is 2.41. The van der Waals surface area contributed by atoms with E-state index in [9.17, 15) is 0 Å². The summed E-state index contributed by atoms with van der Waals surface area (Å²) in [4.78, 5) is 0.242. The van der Waals surface area contributed by atoms with Crippen molar-refractivity contribution in [2.45, 2.75) is 37.8 Å². The average Bonchev–Trinajstić information content (AvgIpc) is 2.62. The van der Waals surface area contributed by atoms with Gasteiger partial charge in [0.15, 0.2) is 0 Å². The Labute approximate surface area is 128 Å². The van der Waals surface area contributed by atoms with Crippen LogP contribution in [0.2, 0.25) is 5.02 Å². The van der Waals surface area contributed by atoms with Crippen LogP contribution in [0.15, 0.2) is 18.2 Å². The molecule has 0 amide bonds. The van der Waals surface area contributed by atoms with E-state index in [1.807, 2.05) is 12.1 Å². The molecule has 1 fully saturated rings. The largest absolute Gasteiger partial charge is 0.495 e. The standard InChI is InChI=1S/C15H20BrClO2/c1-8-9(2)19-10(3)14(8)15(16)11-5-6-13(18-4)12(17)7-11/h5-10,14-15H,1-4H3. The Kier molecular flexibility index (Phi) is 4.80. The van der Waals surface area contributed by atoms with E-state index in [-0.39, 0.29) is 10.9 Å². The minimum atomic E-state index is 0.242. The molecule has 106 valence electrons. The number of ether oxygens (including phenoxy) is 2. The fraction of sp³-hybridized carbons (Fsp3) is 0.600. The smallest absolute Gasteiger partial charge is 0.137 e. The predicted molar refractivity (Wildman–Crippen MR) is 82.3 cm³/mol. The molecule has 5 atom stereocenters. The molecule has 1 aliphatic rings. The molecule has 19 heavy (non-hydrogen) atoms. The van der Waals surface area contributed by atoms with Gasteiger partial charge in [0.2, 0.25) is 0 Å². The van der Waals surface area contributed by atoms with Gasteiger partial charge in [-0.2, -0.15) is 0 Å². The summed E-state index contributed by atoms with van der Waals surface area (Å²) in [5, 5.41) is 0.650. The summed E-state index contributed by atoms with van der Waals surface area (Å²) in [5.41, 5.74) is 1.17. The summed E-state index contributed by atoms with van der Waals surface area (Å²) in [6, 6.07) is 5.95. The third-order valence-corrected chi connectivity index (χ3v) is 5.59. The first kappa shape index (κ1) is 15.1. The van der Waals surface area contributed by atoms with Crippen LogP contribution in [-0.4, -0.2) is 19.3 Å². The van der Waals surface area contributed by atoms with Crippen LogP contribution in [0.5, 0.6) is 5.75 Å². The van der Waals surface area contributed by atoms with E-state index in [1.54, 1.807) is 7.11 Å². The van der Waals surface area contributed by atoms with Crippen molar-refractivity contribution in [1.82, 2.24) is 0 Å². The van der Waals surface area contributed by atoms with Gasteiger partial charge in [0.1, 0.15) is 5.75 Å². The van der Waals surface area contributed by atoms with Gasteiger partial charge in [0.05, 0.1) is 24.3 Å². The monoisotopic (exact) mass is 346 g/mol. The molecule has 1 aromatic carbocycles. The Morgan fingerprint density at radius 1 is 1.26 bits per heavy atom. The van der Waals surface area contributed by atoms with E-state index in [0.29, 0.717) is 28.7 Å². The van der Waals surface area contributed by atoms with Crippen molar-refractivity contribution in [1.29, 1.82) is 0 Å². The first-order chi connectivity index (χ1) is 8.95. The van der Waals surface area contributed by atoms with Crippen LogP contribution in [0.1, 0.15) is 31.2 Å². The van der Waals surface area contributed by atoms with Gasteiger partial charge in [-0.3, -0.25) is 0 Å². The van der Waals surface area contributed by atoms with Crippen molar-refractivity contribution in [2.24, 2.45) is 11.8 Å². The normalized spacial score (nSPS) is 32.3. The Morgan fingerprint density at radius 2 is 1.95 bits per heavy atom. The number of hydrogen-bond donors (Lipinski definition) is 0. The zero-order chi connectivity index (χ0) is 14.2. The van der Waals surface area contributed by atoms with Gasteiger partial charge in [0.25, 0.3) is 0 Å². The lowest BCUT2D eigenvalue weighted by molar-refractivity contribution is 0.0511. The minimum Gasteiger partial charge on any atom is -0.495 e. The fourth-order valence-electron chi connectivity index (χ4n) is 2.87. The van der Waals surface area contributed by atoms with Gasteiger partial charge in [-0.25, -0.2) is 0 Å². The lowest BCUT2D eigenvalue weighted by Crippen LogP contribution is -2.21. The van der Waals surface area contributed by atoms with Crippen LogP contribution >= 0.6 is 27.5 Å². The Balaban J connectivity index is 2.24. The third kappa shape index (κ3) is 2.93. The molecule has 1 aromatic rings. The molecule has 2 rings (SSSR count). The van der Waals surface area contributed by atoms with E-state index >= 15 is 0 Å². The number of benzene rings is 1. The van der Waals surface area contributed by atoms with Gasteiger partial charge in [0, 0.05) is 10.7 Å². The molecule has 0 aromatic heterocycles. The van der Waals surface area contributed by atoms with Crippen molar-refractivity contribution >= 4 is 27.5 Å². The lowest BCUT2D eigenvalue weighted by Gasteiger charge is -2.25. The molecule has 1 aliphatic heterocycles. The number of halogens is 2. The maximum Gasteiger partial charge on any atom is 0.137 e. The average molecular weight is 348 g/mol. The second kappa shape index (κ2) is 6.02. The first-order valence-electron chi connectivity index (χ1n) is 6.58. The molecule has 1 heterocycles. The highest BCUT2D eigenvalue weighted by Crippen LogP contribution is 2.45. The fourth-order valence-corrected chi connectivity index (χ4v) is 4.34. The molecule has 1 saturated heterocycles. The summed E-state index contributed by atoms with van der Waals surface area (Å²) >= 11 is 10.0. The number of rotatable bonds is 3. The molecule has 5 unspecified atom stereocenters. The quantitative estimate of drug-likeness (QED) is 0.728. The van der Waals surface area contributed by atoms with Crippen LogP contribution in [0.3, 0.4) is 0 Å². The summed E-state index contributed by atoms with van der Waals surface area (Å²) in [6.45, 7) is 6.53. The molecule has 4 heteroatoms. The zero-order valence-electron chi connectivity index (χ0n) is 11.7. The van der Waals surface area contributed by atoms with Crippen molar-refractivity contribution < 1.29 is 9.47 Å². The van der Waals surface area contributed by atoms with E-state index in [2.05, 4.69) is 42.8 Å². The minimum absolute atomic E-state index is 0.242. The topological polar surface area (TPSA) is 18.5 Å². The van der Waals surface area contributed by atoms with E-state index in [4.69, 9.17) is 21.1 Å². The molecule has 0 N–H and O–H groups in total. The van der Waals surface area contributed by atoms with Crippen LogP contribution in [0.25, 0.3) is 0 Å². The van der Waals surface area contributed by atoms with E-state index in [0.717, 1.165) is 0 Å². The molecule has 0 saturated carbocycles. The second-order valence-electron chi connectivity index (χ2n) is 5.28. The molecule has 0 aliphatic carbocycles. The van der Waals surface area contributed by atoms with Crippen LogP contribution in [0.4, 0.5) is 0 Å². The SMILES string of the molecule is COc1ccc(C(Br)C2C(C)OC(C)C2C)cc1Cl. The summed E-state index contributed by atoms with van der Waals surface area (Å²) in [7, 11) is 1.63. The van der Waals surface area contributed by atoms with Crippen molar-refractivity contribution in [3.8, 4) is 5.75 Å². The van der Waals surface area contributed by atoms with Gasteiger partial charge in [-0.1, -0.05) is 40.5 Å². The number of methoxy groups -OCH3 is 1. The third-order valence-electron chi connectivity index (χ3n) is 4.15. The van der Waals surface area contributed by atoms with Crippen molar-refractivity contribution in [2.75, 3.05) is 7.11 Å². The van der Waals surface area contributed by atoms with Crippen molar-refractivity contribution in [3.63, 3.8) is 0 Å². The molecular weight excluding hydrogens is 328 g/mol. The number of alkyl halides is 1. The van der Waals surface area contributed by atoms with Crippen LogP contribution < -0.4 is 4.74 Å². The van der Waals surface area contributed by atoms with E-state index < -0.39 is 0 Å². The Bertz CT molecular complexity index is 452. The van der Waals surface area contributed by atoms with Crippen LogP contribution in [0, 0.1) is 11.8 Å². The van der Waals surface area contributed by atoms with Crippen LogP contribution in [-0.2, 0) is 4.74 Å². The van der Waals surface area contributed by atoms with Gasteiger partial charge >= 0.3 is 0 Å². The molecule has 0 spiro atoms. The van der Waals surface area contributed by atoms with Gasteiger partial charge in [-0.15, -0.1) is 0 Å². The Morgan fingerprint density at radius 3 is 2.42 bits per heavy atom. The maximum atomic E-state index is 6.20. The van der Waals surface area contributed by atoms with Crippen molar-refractivity contribution in [3.05, 3.63) is 28.8 Å². The van der Waals surface area contributed by atoms with Gasteiger partial charge in [-0.05, 0) is 37.5 Å². The highest BCUT2D eigenvalue weighted by molar-refractivity contribution is 9.09. The predicted octanol–water partition coefficient (Wildman–Crippen LogP) is 4.84. The second-order valence-corrected chi connectivity index (χ2v) is 6.67. The Hall–Kier alpha value is -0.250. The van der Waals surface area contributed by atoms with Gasteiger partial charge < -0.3 is 9.47 Å². The summed E-state index contributed by atoms with van der Waals surface area (Å²) < 4.78 is 11.1.